The fraction of sp³-hybridized carbons (Fsp3) is 0.375. The summed E-state index contributed by atoms with van der Waals surface area (Å²) >= 11 is 0. The molecule has 1 atom stereocenters. The van der Waals surface area contributed by atoms with E-state index in [0.717, 1.165) is 17.7 Å². The van der Waals surface area contributed by atoms with Crippen LogP contribution in [0.15, 0.2) is 42.7 Å². The molecule has 0 fully saturated rings. The van der Waals surface area contributed by atoms with Gasteiger partial charge in [-0.1, -0.05) is 24.3 Å². The Labute approximate surface area is 176 Å². The van der Waals surface area contributed by atoms with Crippen LogP contribution in [0.5, 0.6) is 5.75 Å². The molecule has 1 aliphatic carbocycles. The molecule has 1 aliphatic rings. The second-order valence-electron chi connectivity index (χ2n) is 8.07. The lowest BCUT2D eigenvalue weighted by Crippen LogP contribution is -2.12. The highest BCUT2D eigenvalue weighted by Crippen LogP contribution is 2.29. The monoisotopic (exact) mass is 405 g/mol. The second-order valence-corrected chi connectivity index (χ2v) is 8.07. The number of hydrogen-bond acceptors (Lipinski definition) is 4. The molecule has 1 N–H and O–H groups in total. The number of benzene rings is 2. The van der Waals surface area contributed by atoms with Crippen molar-refractivity contribution in [3.8, 4) is 5.75 Å². The third kappa shape index (κ3) is 4.37. The Morgan fingerprint density at radius 1 is 1.20 bits per heavy atom. The molecule has 0 radical (unpaired) electrons. The smallest absolute Gasteiger partial charge is 0.304 e. The fourth-order valence-electron chi connectivity index (χ4n) is 4.36. The predicted molar refractivity (Wildman–Crippen MR) is 114 cm³/mol. The number of nitrogens with zero attached hydrogens (tertiary/aromatic N) is 3. The summed E-state index contributed by atoms with van der Waals surface area (Å²) in [4.78, 5) is 11.4. The molecule has 0 saturated heterocycles. The van der Waals surface area contributed by atoms with Gasteiger partial charge in [0, 0.05) is 7.05 Å². The molecule has 0 aliphatic heterocycles. The zero-order valence-corrected chi connectivity index (χ0v) is 17.5. The zero-order valence-electron chi connectivity index (χ0n) is 17.5. The minimum Gasteiger partial charge on any atom is -0.489 e. The van der Waals surface area contributed by atoms with Gasteiger partial charge < -0.3 is 14.4 Å². The van der Waals surface area contributed by atoms with Gasteiger partial charge in [-0.3, -0.25) is 4.79 Å². The summed E-state index contributed by atoms with van der Waals surface area (Å²) in [5.41, 5.74) is 6.42. The van der Waals surface area contributed by atoms with E-state index < -0.39 is 5.97 Å². The largest absolute Gasteiger partial charge is 0.489 e. The molecule has 30 heavy (non-hydrogen) atoms. The number of carboxylic acid groups (broad SMARTS) is 1. The molecule has 0 amide bonds. The standard InChI is InChI=1S/C24H27N3O3/c1-16-11-17(12-19-5-3-4-6-21(16)19)14-30-20-9-7-18(8-10-20)22(13-23(28)29)24-26-25-15-27(24)2/h7-12,15,22H,3-6,13-14H2,1-2H3,(H,28,29)/t22-/m0/s1. The number of rotatable bonds is 7. The molecule has 0 unspecified atom stereocenters. The van der Waals surface area contributed by atoms with E-state index >= 15 is 0 Å². The number of aryl methyl sites for hydroxylation is 3. The molecule has 1 heterocycles. The van der Waals surface area contributed by atoms with Crippen LogP contribution in [0.25, 0.3) is 0 Å². The molecule has 0 bridgehead atoms. The van der Waals surface area contributed by atoms with Gasteiger partial charge in [-0.25, -0.2) is 0 Å². The Balaban J connectivity index is 1.47. The van der Waals surface area contributed by atoms with Gasteiger partial charge in [0.1, 0.15) is 24.5 Å². The first-order valence-corrected chi connectivity index (χ1v) is 10.4. The van der Waals surface area contributed by atoms with Gasteiger partial charge in [0.15, 0.2) is 0 Å². The van der Waals surface area contributed by atoms with Crippen molar-refractivity contribution < 1.29 is 14.6 Å². The highest BCUT2D eigenvalue weighted by atomic mass is 16.5. The van der Waals surface area contributed by atoms with Gasteiger partial charge in [-0.2, -0.15) is 0 Å². The maximum Gasteiger partial charge on any atom is 0.304 e. The third-order valence-electron chi connectivity index (χ3n) is 5.87. The number of carboxylic acids is 1. The lowest BCUT2D eigenvalue weighted by molar-refractivity contribution is -0.137. The number of aliphatic carboxylic acids is 1. The topological polar surface area (TPSA) is 77.2 Å². The lowest BCUT2D eigenvalue weighted by atomic mass is 9.87. The van der Waals surface area contributed by atoms with E-state index in [-0.39, 0.29) is 12.3 Å². The minimum atomic E-state index is -0.869. The molecule has 4 rings (SSSR count). The SMILES string of the molecule is Cc1cc(COc2ccc([C@H](CC(=O)O)c3nncn3C)cc2)cc2c1CCCC2. The Morgan fingerprint density at radius 3 is 2.67 bits per heavy atom. The summed E-state index contributed by atoms with van der Waals surface area (Å²) in [6.45, 7) is 2.72. The average Bonchev–Trinajstić information content (AvgIpc) is 3.16. The number of fused-ring (bicyclic) bond motifs is 1. The van der Waals surface area contributed by atoms with Crippen molar-refractivity contribution in [2.45, 2.75) is 51.6 Å². The van der Waals surface area contributed by atoms with Crippen molar-refractivity contribution >= 4 is 5.97 Å². The van der Waals surface area contributed by atoms with Crippen LogP contribution >= 0.6 is 0 Å². The van der Waals surface area contributed by atoms with Gasteiger partial charge in [-0.05, 0) is 72.6 Å². The summed E-state index contributed by atoms with van der Waals surface area (Å²) < 4.78 is 7.78. The first-order chi connectivity index (χ1) is 14.5. The number of aromatic nitrogens is 3. The molecular weight excluding hydrogens is 378 g/mol. The average molecular weight is 405 g/mol. The number of carbonyl (C=O) groups is 1. The normalized spacial score (nSPS) is 14.2. The van der Waals surface area contributed by atoms with E-state index in [1.807, 2.05) is 31.3 Å². The van der Waals surface area contributed by atoms with Gasteiger partial charge in [0.2, 0.25) is 0 Å². The minimum absolute atomic E-state index is 0.0405. The van der Waals surface area contributed by atoms with E-state index in [9.17, 15) is 9.90 Å². The first kappa shape index (κ1) is 20.1. The van der Waals surface area contributed by atoms with Gasteiger partial charge >= 0.3 is 5.97 Å². The molecule has 0 saturated carbocycles. The second kappa shape index (κ2) is 8.69. The lowest BCUT2D eigenvalue weighted by Gasteiger charge is -2.20. The van der Waals surface area contributed by atoms with Crippen molar-refractivity contribution in [2.24, 2.45) is 7.05 Å². The van der Waals surface area contributed by atoms with E-state index in [0.29, 0.717) is 12.4 Å². The van der Waals surface area contributed by atoms with E-state index in [2.05, 4.69) is 29.3 Å². The molecule has 1 aromatic heterocycles. The van der Waals surface area contributed by atoms with Crippen LogP contribution in [0.3, 0.4) is 0 Å². The van der Waals surface area contributed by atoms with Crippen LogP contribution in [-0.2, 0) is 31.3 Å². The van der Waals surface area contributed by atoms with Crippen LogP contribution in [0.2, 0.25) is 0 Å². The van der Waals surface area contributed by atoms with Crippen molar-refractivity contribution in [2.75, 3.05) is 0 Å². The highest BCUT2D eigenvalue weighted by Gasteiger charge is 2.22. The maximum absolute atomic E-state index is 11.4. The van der Waals surface area contributed by atoms with Crippen LogP contribution in [-0.4, -0.2) is 25.8 Å². The maximum atomic E-state index is 11.4. The van der Waals surface area contributed by atoms with Crippen LogP contribution in [0.4, 0.5) is 0 Å². The Hall–Kier alpha value is -3.15. The van der Waals surface area contributed by atoms with Gasteiger partial charge in [-0.15, -0.1) is 10.2 Å². The predicted octanol–water partition coefficient (Wildman–Crippen LogP) is 4.19. The summed E-state index contributed by atoms with van der Waals surface area (Å²) in [6, 6.07) is 12.1. The number of hydrogen-bond donors (Lipinski definition) is 1. The van der Waals surface area contributed by atoms with E-state index in [1.54, 1.807) is 10.9 Å². The Kier molecular flexibility index (Phi) is 5.84. The van der Waals surface area contributed by atoms with Gasteiger partial charge in [0.05, 0.1) is 12.3 Å². The van der Waals surface area contributed by atoms with Crippen LogP contribution < -0.4 is 4.74 Å². The van der Waals surface area contributed by atoms with E-state index in [4.69, 9.17) is 4.74 Å². The van der Waals surface area contributed by atoms with Crippen molar-refractivity contribution in [3.05, 3.63) is 76.4 Å². The van der Waals surface area contributed by atoms with Crippen molar-refractivity contribution in [1.29, 1.82) is 0 Å². The summed E-state index contributed by atoms with van der Waals surface area (Å²) in [7, 11) is 1.82. The zero-order chi connectivity index (χ0) is 21.1. The molecular formula is C24H27N3O3. The van der Waals surface area contributed by atoms with Crippen molar-refractivity contribution in [1.82, 2.24) is 14.8 Å². The Bertz CT molecular complexity index is 1040. The molecule has 6 heteroatoms. The summed E-state index contributed by atoms with van der Waals surface area (Å²) in [5, 5.41) is 17.3. The third-order valence-corrected chi connectivity index (χ3v) is 5.87. The summed E-state index contributed by atoms with van der Waals surface area (Å²) in [5.74, 6) is 0.176. The summed E-state index contributed by atoms with van der Waals surface area (Å²) in [6.07, 6.45) is 6.44. The Morgan fingerprint density at radius 2 is 1.97 bits per heavy atom. The fourth-order valence-corrected chi connectivity index (χ4v) is 4.36. The molecule has 3 aromatic rings. The number of ether oxygens (including phenoxy) is 1. The highest BCUT2D eigenvalue weighted by molar-refractivity contribution is 5.68. The molecule has 6 nitrogen and oxygen atoms in total. The van der Waals surface area contributed by atoms with Crippen molar-refractivity contribution in [3.63, 3.8) is 0 Å². The first-order valence-electron chi connectivity index (χ1n) is 10.4. The van der Waals surface area contributed by atoms with Crippen LogP contribution in [0, 0.1) is 6.92 Å². The molecule has 156 valence electrons. The van der Waals surface area contributed by atoms with Gasteiger partial charge in [0.25, 0.3) is 0 Å². The van der Waals surface area contributed by atoms with Crippen LogP contribution in [0.1, 0.15) is 58.8 Å². The molecule has 2 aromatic carbocycles. The quantitative estimate of drug-likeness (QED) is 0.638. The van der Waals surface area contributed by atoms with E-state index in [1.165, 1.54) is 41.5 Å². The molecule has 0 spiro atoms.